The van der Waals surface area contributed by atoms with Crippen molar-refractivity contribution in [1.29, 1.82) is 0 Å². The maximum Gasteiger partial charge on any atom is 0.124 e. The summed E-state index contributed by atoms with van der Waals surface area (Å²) < 4.78 is 2.34. The van der Waals surface area contributed by atoms with Gasteiger partial charge in [0.1, 0.15) is 5.75 Å². The molecule has 0 spiro atoms. The van der Waals surface area contributed by atoms with E-state index in [2.05, 4.69) is 192 Å². The molecule has 0 amide bonds. The van der Waals surface area contributed by atoms with E-state index >= 15 is 0 Å². The van der Waals surface area contributed by atoms with Gasteiger partial charge >= 0.3 is 0 Å². The Bertz CT molecular complexity index is 2950. The fraction of sp³-hybridized carbons (Fsp3) is 0.148. The van der Waals surface area contributed by atoms with Crippen molar-refractivity contribution in [3.05, 3.63) is 181 Å². The van der Waals surface area contributed by atoms with Gasteiger partial charge in [-0.15, -0.1) is 24.3 Å². The van der Waals surface area contributed by atoms with E-state index in [0.29, 0.717) is 11.3 Å². The number of hydrogen-bond donors (Lipinski definition) is 1. The van der Waals surface area contributed by atoms with Gasteiger partial charge in [-0.3, -0.25) is 9.97 Å². The van der Waals surface area contributed by atoms with Gasteiger partial charge in [0.15, 0.2) is 0 Å². The normalized spacial score (nSPS) is 11.8. The predicted molar refractivity (Wildman–Crippen MR) is 241 cm³/mol. The first-order valence-electron chi connectivity index (χ1n) is 20.0. The van der Waals surface area contributed by atoms with Crippen LogP contribution in [0.4, 0.5) is 0 Å². The summed E-state index contributed by atoms with van der Waals surface area (Å²) in [5.74, 6) is 0.192. The van der Waals surface area contributed by atoms with Crippen molar-refractivity contribution in [1.82, 2.24) is 14.5 Å². The number of rotatable bonds is 6. The van der Waals surface area contributed by atoms with Crippen LogP contribution in [-0.4, -0.2) is 19.6 Å². The molecule has 59 heavy (non-hydrogen) atoms. The Balaban J connectivity index is 0.00000484. The van der Waals surface area contributed by atoms with Crippen LogP contribution >= 0.6 is 0 Å². The molecule has 0 unspecified atom stereocenters. The van der Waals surface area contributed by atoms with Crippen LogP contribution in [0.3, 0.4) is 0 Å². The van der Waals surface area contributed by atoms with Crippen molar-refractivity contribution in [2.24, 2.45) is 0 Å². The van der Waals surface area contributed by atoms with Crippen molar-refractivity contribution >= 4 is 21.8 Å². The maximum absolute atomic E-state index is 11.0. The van der Waals surface area contributed by atoms with Gasteiger partial charge in [-0.25, -0.2) is 0 Å². The Morgan fingerprint density at radius 2 is 1.02 bits per heavy atom. The minimum Gasteiger partial charge on any atom is -0.507 e. The van der Waals surface area contributed by atoms with Gasteiger partial charge in [0.25, 0.3) is 0 Å². The van der Waals surface area contributed by atoms with Gasteiger partial charge in [-0.1, -0.05) is 150 Å². The number of phenolic OH excluding ortho intramolecular Hbond substituents is 1. The Morgan fingerprint density at radius 3 is 1.75 bits per heavy atom. The number of benzene rings is 6. The van der Waals surface area contributed by atoms with Crippen LogP contribution in [0.1, 0.15) is 52.7 Å². The zero-order valence-electron chi connectivity index (χ0n) is 34.2. The van der Waals surface area contributed by atoms with Gasteiger partial charge < -0.3 is 9.67 Å². The Morgan fingerprint density at radius 1 is 0.475 bits per heavy atom. The average molecular weight is 948 g/mol. The van der Waals surface area contributed by atoms with Crippen LogP contribution in [0.25, 0.3) is 83.6 Å². The molecule has 0 fully saturated rings. The molecule has 1 N–H and O–H groups in total. The number of phenols is 1. The number of para-hydroxylation sites is 3. The van der Waals surface area contributed by atoms with E-state index in [1.165, 1.54) is 21.9 Å². The summed E-state index contributed by atoms with van der Waals surface area (Å²) in [6.45, 7) is 13.6. The molecule has 0 atom stereocenters. The topological polar surface area (TPSA) is 50.9 Å². The van der Waals surface area contributed by atoms with Gasteiger partial charge in [0.2, 0.25) is 0 Å². The summed E-state index contributed by atoms with van der Waals surface area (Å²) in [6, 6.07) is 60.3. The molecule has 4 nitrogen and oxygen atoms in total. The molecule has 0 bridgehead atoms. The number of aromatic nitrogens is 3. The Hall–Kier alpha value is -6.09. The minimum absolute atomic E-state index is 0. The number of nitrogens with zero attached hydrogens (tertiary/aromatic N) is 3. The van der Waals surface area contributed by atoms with Crippen LogP contribution in [0.15, 0.2) is 164 Å². The number of pyridine rings is 2. The summed E-state index contributed by atoms with van der Waals surface area (Å²) in [7, 11) is 0. The van der Waals surface area contributed by atoms with Crippen molar-refractivity contribution in [2.75, 3.05) is 0 Å². The smallest absolute Gasteiger partial charge is 0.124 e. The summed E-state index contributed by atoms with van der Waals surface area (Å²) in [5.41, 5.74) is 14.7. The molecule has 0 aliphatic heterocycles. The van der Waals surface area contributed by atoms with Crippen molar-refractivity contribution in [3.8, 4) is 67.6 Å². The second-order valence-electron chi connectivity index (χ2n) is 17.2. The van der Waals surface area contributed by atoms with Crippen LogP contribution in [0.5, 0.6) is 5.75 Å². The maximum atomic E-state index is 11.0. The molecule has 9 rings (SSSR count). The summed E-state index contributed by atoms with van der Waals surface area (Å²) in [5, 5.41) is 13.4. The van der Waals surface area contributed by atoms with Crippen LogP contribution in [0, 0.1) is 6.07 Å². The SMILES string of the molecule is CC(C)(C)c1cc(-c2cc(-c3[c-]c(-c4cccc(-c5cccc6c5c5ccccc5n6-c5ccccc5)n4)ccc3)nc(-c3ccccc3O)c2)cc(C(C)(C)C)c1.[Pt]. The first-order valence-corrected chi connectivity index (χ1v) is 20.0. The standard InChI is InChI=1S/C54H46N3O.Pt/c1-53(2,3)39-30-37(31-40(34-39)54(4,5)6)38-32-47(56-48(33-38)42-21-11-13-28-51(42)58)36-18-14-17-35(29-36)45-24-16-25-46(55-45)43-23-15-27-50-52(43)44-22-10-12-26-49(44)57(50)41-19-8-7-9-20-41;/h7-28,30-34,58H,1-6H3;/q-1;. The average Bonchev–Trinajstić information content (AvgIpc) is 3.58. The molecule has 5 heteroatoms. The molecule has 6 aromatic carbocycles. The fourth-order valence-electron chi connectivity index (χ4n) is 7.91. The molecular formula is C54H46N3OPt-. The first kappa shape index (κ1) is 39.7. The van der Waals surface area contributed by atoms with Gasteiger partial charge in [0.05, 0.1) is 22.4 Å². The third kappa shape index (κ3) is 7.66. The minimum atomic E-state index is -0.0411. The molecule has 0 saturated heterocycles. The Kier molecular flexibility index (Phi) is 10.5. The molecule has 9 aromatic rings. The van der Waals surface area contributed by atoms with Crippen molar-refractivity contribution in [3.63, 3.8) is 0 Å². The first-order chi connectivity index (χ1) is 27.9. The summed E-state index contributed by atoms with van der Waals surface area (Å²) >= 11 is 0. The van der Waals surface area contributed by atoms with Gasteiger partial charge in [0, 0.05) is 60.0 Å². The van der Waals surface area contributed by atoms with E-state index in [9.17, 15) is 5.11 Å². The Labute approximate surface area is 361 Å². The molecule has 294 valence electrons. The molecule has 0 aliphatic rings. The van der Waals surface area contributed by atoms with Crippen molar-refractivity contribution < 1.29 is 26.2 Å². The predicted octanol–water partition coefficient (Wildman–Crippen LogP) is 14.0. The van der Waals surface area contributed by atoms with E-state index in [-0.39, 0.29) is 37.6 Å². The van der Waals surface area contributed by atoms with Crippen LogP contribution < -0.4 is 0 Å². The molecule has 3 heterocycles. The van der Waals surface area contributed by atoms with E-state index in [1.807, 2.05) is 18.2 Å². The van der Waals surface area contributed by atoms with E-state index in [4.69, 9.17) is 9.97 Å². The number of fused-ring (bicyclic) bond motifs is 3. The number of aromatic hydroxyl groups is 1. The third-order valence-corrected chi connectivity index (χ3v) is 11.1. The molecule has 3 aromatic heterocycles. The van der Waals surface area contributed by atoms with Crippen LogP contribution in [0.2, 0.25) is 0 Å². The summed E-state index contributed by atoms with van der Waals surface area (Å²) in [4.78, 5) is 10.5. The number of hydrogen-bond acceptors (Lipinski definition) is 3. The third-order valence-electron chi connectivity index (χ3n) is 11.1. The monoisotopic (exact) mass is 947 g/mol. The van der Waals surface area contributed by atoms with E-state index in [1.54, 1.807) is 6.07 Å². The second kappa shape index (κ2) is 15.6. The van der Waals surface area contributed by atoms with Gasteiger partial charge in [-0.2, -0.15) is 0 Å². The largest absolute Gasteiger partial charge is 0.507 e. The zero-order chi connectivity index (χ0) is 40.2. The molecule has 0 saturated carbocycles. The fourth-order valence-corrected chi connectivity index (χ4v) is 7.91. The summed E-state index contributed by atoms with van der Waals surface area (Å²) in [6.07, 6.45) is 0. The van der Waals surface area contributed by atoms with Crippen LogP contribution in [-0.2, 0) is 31.9 Å². The molecular weight excluding hydrogens is 902 g/mol. The van der Waals surface area contributed by atoms with Crippen molar-refractivity contribution in [2.45, 2.75) is 52.4 Å². The quantitative estimate of drug-likeness (QED) is 0.169. The van der Waals surface area contributed by atoms with E-state index in [0.717, 1.165) is 61.6 Å². The molecule has 0 aliphatic carbocycles. The molecule has 0 radical (unpaired) electrons. The van der Waals surface area contributed by atoms with Gasteiger partial charge in [-0.05, 0) is 81.6 Å². The zero-order valence-corrected chi connectivity index (χ0v) is 36.5. The second-order valence-corrected chi connectivity index (χ2v) is 17.2. The van der Waals surface area contributed by atoms with E-state index < -0.39 is 0 Å².